The SMILES string of the molecule is Fc1ccccc1-c1nnc(SCCn2cncn2)n1Cc1ccccc1. The third kappa shape index (κ3) is 4.06. The van der Waals surface area contributed by atoms with Crippen LogP contribution in [0.15, 0.2) is 72.4 Å². The number of rotatable bonds is 7. The van der Waals surface area contributed by atoms with Crippen molar-refractivity contribution in [2.75, 3.05) is 5.75 Å². The number of hydrogen-bond acceptors (Lipinski definition) is 5. The highest BCUT2D eigenvalue weighted by Gasteiger charge is 2.17. The molecule has 4 aromatic rings. The van der Waals surface area contributed by atoms with Gasteiger partial charge in [0.05, 0.1) is 18.7 Å². The average Bonchev–Trinajstić information content (AvgIpc) is 3.34. The quantitative estimate of drug-likeness (QED) is 0.459. The van der Waals surface area contributed by atoms with Crippen LogP contribution in [0.2, 0.25) is 0 Å². The minimum atomic E-state index is -0.307. The summed E-state index contributed by atoms with van der Waals surface area (Å²) in [6.45, 7) is 1.28. The van der Waals surface area contributed by atoms with Crippen LogP contribution in [0.3, 0.4) is 0 Å². The van der Waals surface area contributed by atoms with E-state index in [0.717, 1.165) is 16.5 Å². The number of aromatic nitrogens is 6. The molecule has 2 heterocycles. The van der Waals surface area contributed by atoms with Crippen molar-refractivity contribution in [3.05, 3.63) is 78.6 Å². The second-order valence-corrected chi connectivity index (χ2v) is 6.93. The molecule has 27 heavy (non-hydrogen) atoms. The van der Waals surface area contributed by atoms with E-state index in [0.29, 0.717) is 24.5 Å². The summed E-state index contributed by atoms with van der Waals surface area (Å²) >= 11 is 1.56. The first-order valence-electron chi connectivity index (χ1n) is 8.48. The minimum absolute atomic E-state index is 0.307. The molecule has 0 unspecified atom stereocenters. The highest BCUT2D eigenvalue weighted by molar-refractivity contribution is 7.99. The van der Waals surface area contributed by atoms with Gasteiger partial charge in [0, 0.05) is 5.75 Å². The highest BCUT2D eigenvalue weighted by Crippen LogP contribution is 2.27. The summed E-state index contributed by atoms with van der Waals surface area (Å²) in [7, 11) is 0. The van der Waals surface area contributed by atoms with Gasteiger partial charge in [0.15, 0.2) is 11.0 Å². The molecule has 0 saturated heterocycles. The van der Waals surface area contributed by atoms with Crippen LogP contribution in [0.4, 0.5) is 4.39 Å². The predicted molar refractivity (Wildman–Crippen MR) is 102 cm³/mol. The number of thioether (sulfide) groups is 1. The molecule has 8 heteroatoms. The normalized spacial score (nSPS) is 11.0. The van der Waals surface area contributed by atoms with Gasteiger partial charge in [0.2, 0.25) is 0 Å². The van der Waals surface area contributed by atoms with Crippen molar-refractivity contribution in [1.29, 1.82) is 0 Å². The summed E-state index contributed by atoms with van der Waals surface area (Å²) in [5, 5.41) is 13.4. The topological polar surface area (TPSA) is 61.4 Å². The first-order valence-corrected chi connectivity index (χ1v) is 9.47. The number of hydrogen-bond donors (Lipinski definition) is 0. The molecule has 0 aliphatic rings. The monoisotopic (exact) mass is 380 g/mol. The molecule has 0 atom stereocenters. The summed E-state index contributed by atoms with van der Waals surface area (Å²) in [5.74, 6) is 0.978. The van der Waals surface area contributed by atoms with Crippen LogP contribution in [0.25, 0.3) is 11.4 Å². The summed E-state index contributed by atoms with van der Waals surface area (Å²) in [6.07, 6.45) is 3.19. The molecule has 0 spiro atoms. The maximum atomic E-state index is 14.3. The van der Waals surface area contributed by atoms with Gasteiger partial charge in [-0.2, -0.15) is 5.10 Å². The third-order valence-corrected chi connectivity index (χ3v) is 4.98. The van der Waals surface area contributed by atoms with Gasteiger partial charge in [-0.25, -0.2) is 9.37 Å². The summed E-state index contributed by atoms with van der Waals surface area (Å²) in [6, 6.07) is 16.7. The van der Waals surface area contributed by atoms with Crippen LogP contribution in [0.1, 0.15) is 5.56 Å². The van der Waals surface area contributed by atoms with Gasteiger partial charge in [-0.05, 0) is 17.7 Å². The zero-order chi connectivity index (χ0) is 18.5. The van der Waals surface area contributed by atoms with Crippen molar-refractivity contribution < 1.29 is 4.39 Å². The maximum absolute atomic E-state index is 14.3. The second kappa shape index (κ2) is 8.13. The van der Waals surface area contributed by atoms with Crippen LogP contribution in [0.5, 0.6) is 0 Å². The van der Waals surface area contributed by atoms with E-state index in [-0.39, 0.29) is 5.82 Å². The molecular formula is C19H17FN6S. The molecule has 0 aliphatic carbocycles. The average molecular weight is 380 g/mol. The molecule has 0 fully saturated rings. The molecular weight excluding hydrogens is 363 g/mol. The van der Waals surface area contributed by atoms with Crippen molar-refractivity contribution in [2.45, 2.75) is 18.2 Å². The predicted octanol–water partition coefficient (Wildman–Crippen LogP) is 3.52. The highest BCUT2D eigenvalue weighted by atomic mass is 32.2. The smallest absolute Gasteiger partial charge is 0.191 e. The molecule has 0 saturated carbocycles. The number of nitrogens with zero attached hydrogens (tertiary/aromatic N) is 6. The Morgan fingerprint density at radius 2 is 1.78 bits per heavy atom. The largest absolute Gasteiger partial charge is 0.297 e. The van der Waals surface area contributed by atoms with E-state index < -0.39 is 0 Å². The van der Waals surface area contributed by atoms with Crippen molar-refractivity contribution >= 4 is 11.8 Å². The van der Waals surface area contributed by atoms with Crippen molar-refractivity contribution in [1.82, 2.24) is 29.5 Å². The zero-order valence-electron chi connectivity index (χ0n) is 14.4. The lowest BCUT2D eigenvalue weighted by atomic mass is 10.2. The number of aryl methyl sites for hydroxylation is 1. The molecule has 0 aliphatic heterocycles. The lowest BCUT2D eigenvalue weighted by Gasteiger charge is -2.11. The summed E-state index contributed by atoms with van der Waals surface area (Å²) in [4.78, 5) is 3.94. The molecule has 6 nitrogen and oxygen atoms in total. The van der Waals surface area contributed by atoms with E-state index in [1.165, 1.54) is 12.4 Å². The molecule has 0 radical (unpaired) electrons. The van der Waals surface area contributed by atoms with E-state index in [1.807, 2.05) is 34.9 Å². The number of benzene rings is 2. The van der Waals surface area contributed by atoms with Crippen molar-refractivity contribution in [3.63, 3.8) is 0 Å². The van der Waals surface area contributed by atoms with Gasteiger partial charge >= 0.3 is 0 Å². The third-order valence-electron chi connectivity index (χ3n) is 4.03. The van der Waals surface area contributed by atoms with E-state index in [4.69, 9.17) is 0 Å². The molecule has 2 aromatic carbocycles. The van der Waals surface area contributed by atoms with Crippen molar-refractivity contribution in [2.24, 2.45) is 0 Å². The van der Waals surface area contributed by atoms with Crippen LogP contribution in [-0.2, 0) is 13.1 Å². The van der Waals surface area contributed by atoms with Crippen LogP contribution < -0.4 is 0 Å². The first-order chi connectivity index (χ1) is 13.3. The molecule has 136 valence electrons. The Balaban J connectivity index is 1.63. The summed E-state index contributed by atoms with van der Waals surface area (Å²) < 4.78 is 18.1. The Morgan fingerprint density at radius 3 is 2.56 bits per heavy atom. The molecule has 0 N–H and O–H groups in total. The Morgan fingerprint density at radius 1 is 0.963 bits per heavy atom. The fourth-order valence-electron chi connectivity index (χ4n) is 2.72. The van der Waals surface area contributed by atoms with Crippen LogP contribution >= 0.6 is 11.8 Å². The second-order valence-electron chi connectivity index (χ2n) is 5.86. The Labute approximate surface area is 160 Å². The van der Waals surface area contributed by atoms with Gasteiger partial charge in [0.25, 0.3) is 0 Å². The van der Waals surface area contributed by atoms with Gasteiger partial charge < -0.3 is 0 Å². The van der Waals surface area contributed by atoms with Gasteiger partial charge in [0.1, 0.15) is 18.5 Å². The molecule has 0 bridgehead atoms. The number of halogens is 1. The van der Waals surface area contributed by atoms with Gasteiger partial charge in [-0.3, -0.25) is 9.25 Å². The van der Waals surface area contributed by atoms with Crippen LogP contribution in [-0.4, -0.2) is 35.3 Å². The molecule has 2 aromatic heterocycles. The van der Waals surface area contributed by atoms with Crippen molar-refractivity contribution in [3.8, 4) is 11.4 Å². The standard InChI is InChI=1S/C19H17FN6S/c20-17-9-5-4-8-16(17)18-23-24-19(27-11-10-25-14-21-13-22-25)26(18)12-15-6-2-1-3-7-15/h1-9,13-14H,10-12H2. The fraction of sp³-hybridized carbons (Fsp3) is 0.158. The van der Waals surface area contributed by atoms with E-state index >= 15 is 0 Å². The first kappa shape index (κ1) is 17.4. The Bertz CT molecular complexity index is 1000. The lowest BCUT2D eigenvalue weighted by Crippen LogP contribution is -2.06. The Hall–Kier alpha value is -3.00. The van der Waals surface area contributed by atoms with E-state index in [2.05, 4.69) is 20.3 Å². The minimum Gasteiger partial charge on any atom is -0.297 e. The maximum Gasteiger partial charge on any atom is 0.191 e. The van der Waals surface area contributed by atoms with Gasteiger partial charge in [-0.1, -0.05) is 54.2 Å². The molecule has 4 rings (SSSR count). The summed E-state index contributed by atoms with van der Waals surface area (Å²) in [5.41, 5.74) is 1.55. The zero-order valence-corrected chi connectivity index (χ0v) is 15.3. The van der Waals surface area contributed by atoms with Crippen LogP contribution in [0, 0.1) is 5.82 Å². The lowest BCUT2D eigenvalue weighted by molar-refractivity contribution is 0.626. The van der Waals surface area contributed by atoms with E-state index in [9.17, 15) is 4.39 Å². The van der Waals surface area contributed by atoms with E-state index in [1.54, 1.807) is 41.0 Å². The molecule has 0 amide bonds. The van der Waals surface area contributed by atoms with Gasteiger partial charge in [-0.15, -0.1) is 10.2 Å². The fourth-order valence-corrected chi connectivity index (χ4v) is 3.59. The Kier molecular flexibility index (Phi) is 5.24.